The van der Waals surface area contributed by atoms with E-state index in [9.17, 15) is 14.9 Å². The van der Waals surface area contributed by atoms with E-state index in [0.717, 1.165) is 16.8 Å². The number of hydrogen-bond donors (Lipinski definition) is 0. The topological polar surface area (TPSA) is 63.4 Å². The predicted molar refractivity (Wildman–Crippen MR) is 74.4 cm³/mol. The Morgan fingerprint density at radius 1 is 1.15 bits per heavy atom. The lowest BCUT2D eigenvalue weighted by Gasteiger charge is -2.17. The summed E-state index contributed by atoms with van der Waals surface area (Å²) in [5, 5.41) is 10.8. The molecular formula is C15H12N2O3. The molecule has 0 fully saturated rings. The number of nitrogens with zero attached hydrogens (tertiary/aromatic N) is 2. The van der Waals surface area contributed by atoms with Crippen LogP contribution in [0.25, 0.3) is 0 Å². The average molecular weight is 268 g/mol. The number of non-ortho nitro benzene ring substituents is 1. The smallest absolute Gasteiger partial charge is 0.269 e. The number of carbonyl (C=O) groups excluding carboxylic acids is 1. The van der Waals surface area contributed by atoms with E-state index >= 15 is 0 Å². The summed E-state index contributed by atoms with van der Waals surface area (Å²) in [6, 6.07) is 14.3. The van der Waals surface area contributed by atoms with Crippen LogP contribution in [-0.2, 0) is 17.8 Å². The number of hydrogen-bond acceptors (Lipinski definition) is 3. The maximum absolute atomic E-state index is 12.1. The van der Waals surface area contributed by atoms with Crippen molar-refractivity contribution in [2.45, 2.75) is 13.0 Å². The third-order valence-electron chi connectivity index (χ3n) is 3.39. The van der Waals surface area contributed by atoms with Crippen molar-refractivity contribution < 1.29 is 9.72 Å². The van der Waals surface area contributed by atoms with Crippen LogP contribution in [0, 0.1) is 10.1 Å². The molecule has 0 atom stereocenters. The molecule has 3 rings (SSSR count). The second kappa shape index (κ2) is 4.77. The molecule has 1 aliphatic rings. The number of carbonyl (C=O) groups is 1. The van der Waals surface area contributed by atoms with Gasteiger partial charge in [0.15, 0.2) is 0 Å². The minimum absolute atomic E-state index is 0.0237. The standard InChI is InChI=1S/C15H12N2O3/c18-15-9-12-8-13(17(19)20)6-7-14(12)16(15)10-11-4-2-1-3-5-11/h1-8H,9-10H2. The van der Waals surface area contributed by atoms with Crippen LogP contribution >= 0.6 is 0 Å². The zero-order chi connectivity index (χ0) is 14.1. The largest absolute Gasteiger partial charge is 0.307 e. The number of benzene rings is 2. The fourth-order valence-electron chi connectivity index (χ4n) is 2.42. The second-order valence-electron chi connectivity index (χ2n) is 4.71. The van der Waals surface area contributed by atoms with Crippen LogP contribution in [0.3, 0.4) is 0 Å². The molecule has 0 aromatic heterocycles. The van der Waals surface area contributed by atoms with E-state index in [4.69, 9.17) is 0 Å². The van der Waals surface area contributed by atoms with Gasteiger partial charge in [0, 0.05) is 17.8 Å². The van der Waals surface area contributed by atoms with Gasteiger partial charge in [0.1, 0.15) is 0 Å². The van der Waals surface area contributed by atoms with E-state index in [0.29, 0.717) is 6.54 Å². The molecule has 100 valence electrons. The fraction of sp³-hybridized carbons (Fsp3) is 0.133. The van der Waals surface area contributed by atoms with Crippen LogP contribution in [0.15, 0.2) is 48.5 Å². The van der Waals surface area contributed by atoms with Gasteiger partial charge in [0.05, 0.1) is 17.9 Å². The average Bonchev–Trinajstić information content (AvgIpc) is 2.75. The molecule has 0 aliphatic carbocycles. The molecule has 1 amide bonds. The maximum atomic E-state index is 12.1. The summed E-state index contributed by atoms with van der Waals surface area (Å²) >= 11 is 0. The minimum atomic E-state index is -0.440. The Hall–Kier alpha value is -2.69. The van der Waals surface area contributed by atoms with Gasteiger partial charge in [-0.3, -0.25) is 14.9 Å². The normalized spacial score (nSPS) is 13.4. The molecule has 20 heavy (non-hydrogen) atoms. The van der Waals surface area contributed by atoms with Crippen molar-refractivity contribution in [2.24, 2.45) is 0 Å². The van der Waals surface area contributed by atoms with Crippen LogP contribution < -0.4 is 4.90 Å². The van der Waals surface area contributed by atoms with Crippen LogP contribution in [0.1, 0.15) is 11.1 Å². The highest BCUT2D eigenvalue weighted by Crippen LogP contribution is 2.32. The van der Waals surface area contributed by atoms with Gasteiger partial charge in [-0.05, 0) is 17.2 Å². The zero-order valence-corrected chi connectivity index (χ0v) is 10.7. The molecule has 1 aliphatic heterocycles. The number of fused-ring (bicyclic) bond motifs is 1. The molecule has 0 saturated carbocycles. The van der Waals surface area contributed by atoms with E-state index in [2.05, 4.69) is 0 Å². The van der Waals surface area contributed by atoms with E-state index < -0.39 is 4.92 Å². The van der Waals surface area contributed by atoms with Crippen LogP contribution in [-0.4, -0.2) is 10.8 Å². The van der Waals surface area contributed by atoms with Gasteiger partial charge in [-0.1, -0.05) is 30.3 Å². The van der Waals surface area contributed by atoms with Crippen molar-refractivity contribution in [3.63, 3.8) is 0 Å². The molecule has 2 aromatic carbocycles. The van der Waals surface area contributed by atoms with Gasteiger partial charge in [0.2, 0.25) is 5.91 Å². The number of amides is 1. The molecule has 5 heteroatoms. The van der Waals surface area contributed by atoms with Crippen molar-refractivity contribution in [1.29, 1.82) is 0 Å². The molecular weight excluding hydrogens is 256 g/mol. The summed E-state index contributed by atoms with van der Waals surface area (Å²) in [5.74, 6) is -0.0237. The van der Waals surface area contributed by atoms with Gasteiger partial charge in [-0.2, -0.15) is 0 Å². The summed E-state index contributed by atoms with van der Waals surface area (Å²) in [4.78, 5) is 24.1. The summed E-state index contributed by atoms with van der Waals surface area (Å²) in [6.07, 6.45) is 0.226. The lowest BCUT2D eigenvalue weighted by molar-refractivity contribution is -0.384. The summed E-state index contributed by atoms with van der Waals surface area (Å²) in [7, 11) is 0. The molecule has 1 heterocycles. The van der Waals surface area contributed by atoms with E-state index in [1.807, 2.05) is 30.3 Å². The molecule has 0 spiro atoms. The van der Waals surface area contributed by atoms with Crippen molar-refractivity contribution in [1.82, 2.24) is 0 Å². The Kier molecular flexibility index (Phi) is 2.95. The van der Waals surface area contributed by atoms with Crippen molar-refractivity contribution in [2.75, 3.05) is 4.90 Å². The molecule has 0 N–H and O–H groups in total. The van der Waals surface area contributed by atoms with Crippen molar-refractivity contribution in [3.8, 4) is 0 Å². The molecule has 5 nitrogen and oxygen atoms in total. The van der Waals surface area contributed by atoms with Crippen molar-refractivity contribution >= 4 is 17.3 Å². The highest BCUT2D eigenvalue weighted by molar-refractivity contribution is 6.01. The van der Waals surface area contributed by atoms with Gasteiger partial charge in [0.25, 0.3) is 5.69 Å². The summed E-state index contributed by atoms with van der Waals surface area (Å²) in [5.41, 5.74) is 2.55. The number of nitro benzene ring substituents is 1. The van der Waals surface area contributed by atoms with Crippen molar-refractivity contribution in [3.05, 3.63) is 69.8 Å². The zero-order valence-electron chi connectivity index (χ0n) is 10.7. The van der Waals surface area contributed by atoms with E-state index in [-0.39, 0.29) is 18.0 Å². The first-order valence-corrected chi connectivity index (χ1v) is 6.27. The molecule has 0 bridgehead atoms. The van der Waals surface area contributed by atoms with E-state index in [1.54, 1.807) is 11.0 Å². The second-order valence-corrected chi connectivity index (χ2v) is 4.71. The number of nitro groups is 1. The Balaban J connectivity index is 1.92. The van der Waals surface area contributed by atoms with Gasteiger partial charge >= 0.3 is 0 Å². The lowest BCUT2D eigenvalue weighted by Crippen LogP contribution is -2.25. The first-order valence-electron chi connectivity index (χ1n) is 6.27. The van der Waals surface area contributed by atoms with Crippen LogP contribution in [0.5, 0.6) is 0 Å². The van der Waals surface area contributed by atoms with Gasteiger partial charge in [-0.15, -0.1) is 0 Å². The first-order chi connectivity index (χ1) is 9.65. The SMILES string of the molecule is O=C1Cc2cc([N+](=O)[O-])ccc2N1Cc1ccccc1. The molecule has 2 aromatic rings. The lowest BCUT2D eigenvalue weighted by atomic mass is 10.1. The summed E-state index contributed by atoms with van der Waals surface area (Å²) in [6.45, 7) is 0.491. The monoisotopic (exact) mass is 268 g/mol. The van der Waals surface area contributed by atoms with Gasteiger partial charge in [-0.25, -0.2) is 0 Å². The highest BCUT2D eigenvalue weighted by Gasteiger charge is 2.28. The highest BCUT2D eigenvalue weighted by atomic mass is 16.6. The third-order valence-corrected chi connectivity index (χ3v) is 3.39. The maximum Gasteiger partial charge on any atom is 0.269 e. The van der Waals surface area contributed by atoms with E-state index in [1.165, 1.54) is 12.1 Å². The summed E-state index contributed by atoms with van der Waals surface area (Å²) < 4.78 is 0. The van der Waals surface area contributed by atoms with Crippen LogP contribution in [0.2, 0.25) is 0 Å². The molecule has 0 unspecified atom stereocenters. The quantitative estimate of drug-likeness (QED) is 0.635. The first kappa shape index (κ1) is 12.3. The Morgan fingerprint density at radius 2 is 1.90 bits per heavy atom. The third kappa shape index (κ3) is 2.14. The molecule has 0 saturated heterocycles. The number of anilines is 1. The predicted octanol–water partition coefficient (Wildman–Crippen LogP) is 2.68. The molecule has 0 radical (unpaired) electrons. The fourth-order valence-corrected chi connectivity index (χ4v) is 2.42. The minimum Gasteiger partial charge on any atom is -0.307 e. The van der Waals surface area contributed by atoms with Gasteiger partial charge < -0.3 is 4.90 Å². The van der Waals surface area contributed by atoms with Crippen LogP contribution in [0.4, 0.5) is 11.4 Å². The Bertz CT molecular complexity index is 683. The Morgan fingerprint density at radius 3 is 2.60 bits per heavy atom. The Labute approximate surface area is 115 Å². The number of rotatable bonds is 3.